The van der Waals surface area contributed by atoms with E-state index in [1.165, 1.54) is 4.90 Å². The number of alkyl halides is 3. The summed E-state index contributed by atoms with van der Waals surface area (Å²) in [6.45, 7) is 3.72. The molecule has 2 fully saturated rings. The fraction of sp³-hybridized carbons (Fsp3) is 0.579. The Hall–Kier alpha value is -2.67. The van der Waals surface area contributed by atoms with E-state index in [2.05, 4.69) is 20.8 Å². The van der Waals surface area contributed by atoms with Gasteiger partial charge in [-0.1, -0.05) is 6.92 Å². The summed E-state index contributed by atoms with van der Waals surface area (Å²) in [6, 6.07) is 2.03. The number of aryl methyl sites for hydroxylation is 1. The van der Waals surface area contributed by atoms with Gasteiger partial charge in [-0.2, -0.15) is 18.2 Å². The fourth-order valence-corrected chi connectivity index (χ4v) is 4.60. The zero-order valence-electron chi connectivity index (χ0n) is 17.4. The predicted octanol–water partition coefficient (Wildman–Crippen LogP) is 1.94. The fourth-order valence-electron chi connectivity index (χ4n) is 3.64. The molecule has 0 aromatic carbocycles. The number of nitrogens with zero attached hydrogens (tertiary/aromatic N) is 4. The first-order valence-corrected chi connectivity index (χ1v) is 11.1. The summed E-state index contributed by atoms with van der Waals surface area (Å²) in [6.07, 6.45) is -5.12. The van der Waals surface area contributed by atoms with Gasteiger partial charge in [-0.05, 0) is 12.5 Å². The number of hydrogen-bond donors (Lipinski definition) is 2. The molecule has 0 radical (unpaired) electrons. The van der Waals surface area contributed by atoms with E-state index >= 15 is 0 Å². The van der Waals surface area contributed by atoms with Crippen LogP contribution in [-0.4, -0.2) is 72.2 Å². The molecule has 0 spiro atoms. The van der Waals surface area contributed by atoms with Crippen molar-refractivity contribution in [2.24, 2.45) is 5.92 Å². The minimum Gasteiger partial charge on any atom is -0.353 e. The lowest BCUT2D eigenvalue weighted by atomic mass is 10.1. The van der Waals surface area contributed by atoms with Crippen LogP contribution in [0.25, 0.3) is 10.2 Å². The zero-order valence-corrected chi connectivity index (χ0v) is 18.2. The molecule has 2 N–H and O–H groups in total. The van der Waals surface area contributed by atoms with Gasteiger partial charge < -0.3 is 15.1 Å². The van der Waals surface area contributed by atoms with Crippen LogP contribution in [0, 0.1) is 5.92 Å². The number of hydroxylamine groups is 1. The maximum absolute atomic E-state index is 12.6. The first-order chi connectivity index (χ1) is 15.2. The number of hydrogen-bond acceptors (Lipinski definition) is 8. The lowest BCUT2D eigenvalue weighted by Crippen LogP contribution is -2.49. The molecule has 32 heavy (non-hydrogen) atoms. The molecule has 0 bridgehead atoms. The third kappa shape index (κ3) is 5.04. The highest BCUT2D eigenvalue weighted by atomic mass is 32.1. The molecule has 9 nitrogen and oxygen atoms in total. The van der Waals surface area contributed by atoms with Crippen LogP contribution in [0.5, 0.6) is 0 Å². The van der Waals surface area contributed by atoms with Crippen molar-refractivity contribution in [1.82, 2.24) is 20.3 Å². The van der Waals surface area contributed by atoms with Crippen LogP contribution in [0.4, 0.5) is 24.9 Å². The number of halogens is 3. The standard InChI is InChI=1S/C19H23F3N6O3S/c1-2-12-7-13-15(28-5-3-27(4-6-28)14(29)8-19(20,21)22)24-18(25-17(13)32-12)23-9-11-10-31-26-16(11)30/h7,11H,2-6,8-10H2,1H3,(H,26,30)(H,23,24,25)/t11-/m1/s1. The Morgan fingerprint density at radius 2 is 2.06 bits per heavy atom. The molecule has 13 heteroatoms. The summed E-state index contributed by atoms with van der Waals surface area (Å²) < 4.78 is 37.7. The van der Waals surface area contributed by atoms with E-state index < -0.39 is 18.5 Å². The smallest absolute Gasteiger partial charge is 0.353 e. The van der Waals surface area contributed by atoms with E-state index in [9.17, 15) is 22.8 Å². The van der Waals surface area contributed by atoms with E-state index in [1.807, 2.05) is 17.9 Å². The topological polar surface area (TPSA) is 99.7 Å². The molecule has 2 saturated heterocycles. The minimum absolute atomic E-state index is 0.188. The number of aromatic nitrogens is 2. The van der Waals surface area contributed by atoms with Gasteiger partial charge in [0.1, 0.15) is 17.1 Å². The summed E-state index contributed by atoms with van der Waals surface area (Å²) in [5.74, 6) is -0.428. The number of amides is 2. The highest BCUT2D eigenvalue weighted by molar-refractivity contribution is 7.18. The number of anilines is 2. The normalized spacial score (nSPS) is 19.5. The lowest BCUT2D eigenvalue weighted by Gasteiger charge is -2.36. The maximum atomic E-state index is 12.6. The van der Waals surface area contributed by atoms with Crippen LogP contribution < -0.4 is 15.7 Å². The molecular weight excluding hydrogens is 449 g/mol. The maximum Gasteiger partial charge on any atom is 0.397 e. The third-order valence-electron chi connectivity index (χ3n) is 5.39. The lowest BCUT2D eigenvalue weighted by molar-refractivity contribution is -0.161. The number of thiophene rings is 1. The molecule has 4 heterocycles. The van der Waals surface area contributed by atoms with Crippen molar-refractivity contribution in [1.29, 1.82) is 0 Å². The summed E-state index contributed by atoms with van der Waals surface area (Å²) in [4.78, 5) is 42.9. The van der Waals surface area contributed by atoms with E-state index in [-0.39, 0.29) is 31.5 Å². The molecule has 2 aliphatic heterocycles. The first kappa shape index (κ1) is 22.5. The zero-order chi connectivity index (χ0) is 22.9. The summed E-state index contributed by atoms with van der Waals surface area (Å²) in [5, 5.41) is 3.97. The van der Waals surface area contributed by atoms with Gasteiger partial charge in [0.2, 0.25) is 11.9 Å². The SMILES string of the molecule is CCc1cc2c(N3CCN(C(=O)CC(F)(F)F)CC3)nc(NC[C@@H]3CONC3=O)nc2s1. The van der Waals surface area contributed by atoms with Crippen LogP contribution >= 0.6 is 11.3 Å². The molecule has 4 rings (SSSR count). The molecule has 174 valence electrons. The number of carbonyl (C=O) groups excluding carboxylic acids is 2. The third-order valence-corrected chi connectivity index (χ3v) is 6.56. The van der Waals surface area contributed by atoms with Crippen molar-refractivity contribution in [2.75, 3.05) is 49.5 Å². The van der Waals surface area contributed by atoms with Gasteiger partial charge in [0.25, 0.3) is 5.91 Å². The average Bonchev–Trinajstić information content (AvgIpc) is 3.36. The molecular formula is C19H23F3N6O3S. The average molecular weight is 472 g/mol. The molecule has 1 atom stereocenters. The quantitative estimate of drug-likeness (QED) is 0.663. The van der Waals surface area contributed by atoms with E-state index in [1.54, 1.807) is 11.3 Å². The second-order valence-corrected chi connectivity index (χ2v) is 8.79. The van der Waals surface area contributed by atoms with Crippen LogP contribution in [0.2, 0.25) is 0 Å². The number of nitrogens with one attached hydrogen (secondary N) is 2. The summed E-state index contributed by atoms with van der Waals surface area (Å²) in [5.41, 5.74) is 2.31. The Labute approximate surface area is 185 Å². The summed E-state index contributed by atoms with van der Waals surface area (Å²) in [7, 11) is 0. The Morgan fingerprint density at radius 1 is 1.31 bits per heavy atom. The van der Waals surface area contributed by atoms with Crippen LogP contribution in [0.1, 0.15) is 18.2 Å². The van der Waals surface area contributed by atoms with Crippen molar-refractivity contribution in [3.05, 3.63) is 10.9 Å². The molecule has 2 aromatic heterocycles. The number of fused-ring (bicyclic) bond motifs is 1. The van der Waals surface area contributed by atoms with E-state index in [0.29, 0.717) is 31.4 Å². The number of piperazine rings is 1. The molecule has 2 aliphatic rings. The van der Waals surface area contributed by atoms with E-state index in [0.717, 1.165) is 21.5 Å². The van der Waals surface area contributed by atoms with Gasteiger partial charge in [-0.25, -0.2) is 10.5 Å². The van der Waals surface area contributed by atoms with Gasteiger partial charge >= 0.3 is 6.18 Å². The van der Waals surface area contributed by atoms with Crippen LogP contribution in [0.3, 0.4) is 0 Å². The second kappa shape index (κ2) is 9.06. The van der Waals surface area contributed by atoms with Crippen molar-refractivity contribution in [3.63, 3.8) is 0 Å². The summed E-state index contributed by atoms with van der Waals surface area (Å²) >= 11 is 1.55. The van der Waals surface area contributed by atoms with Gasteiger partial charge in [0.05, 0.1) is 17.9 Å². The number of carbonyl (C=O) groups is 2. The van der Waals surface area contributed by atoms with Gasteiger partial charge in [0.15, 0.2) is 0 Å². The van der Waals surface area contributed by atoms with Gasteiger partial charge in [-0.15, -0.1) is 11.3 Å². The van der Waals surface area contributed by atoms with Crippen molar-refractivity contribution in [3.8, 4) is 0 Å². The number of rotatable bonds is 6. The van der Waals surface area contributed by atoms with Crippen molar-refractivity contribution in [2.45, 2.75) is 25.9 Å². The molecule has 0 unspecified atom stereocenters. The monoisotopic (exact) mass is 472 g/mol. The van der Waals surface area contributed by atoms with Crippen LogP contribution in [-0.2, 0) is 20.8 Å². The Bertz CT molecular complexity index is 1010. The Morgan fingerprint density at radius 3 is 2.69 bits per heavy atom. The van der Waals surface area contributed by atoms with Crippen molar-refractivity contribution >= 4 is 45.1 Å². The second-order valence-electron chi connectivity index (χ2n) is 7.67. The molecule has 2 aromatic rings. The minimum atomic E-state index is -4.51. The van der Waals surface area contributed by atoms with Gasteiger partial charge in [-0.3, -0.25) is 14.4 Å². The Balaban J connectivity index is 1.51. The highest BCUT2D eigenvalue weighted by Gasteiger charge is 2.35. The largest absolute Gasteiger partial charge is 0.397 e. The molecule has 0 aliphatic carbocycles. The van der Waals surface area contributed by atoms with E-state index in [4.69, 9.17) is 4.84 Å². The molecule has 0 saturated carbocycles. The first-order valence-electron chi connectivity index (χ1n) is 10.3. The van der Waals surface area contributed by atoms with Crippen LogP contribution in [0.15, 0.2) is 6.07 Å². The van der Waals surface area contributed by atoms with Gasteiger partial charge in [0, 0.05) is 37.6 Å². The molecule has 2 amide bonds. The Kier molecular flexibility index (Phi) is 6.38. The highest BCUT2D eigenvalue weighted by Crippen LogP contribution is 2.33. The van der Waals surface area contributed by atoms with Crippen molar-refractivity contribution < 1.29 is 27.6 Å². The predicted molar refractivity (Wildman–Crippen MR) is 112 cm³/mol.